The van der Waals surface area contributed by atoms with E-state index in [-0.39, 0.29) is 0 Å². The second-order valence-corrected chi connectivity index (χ2v) is 4.79. The summed E-state index contributed by atoms with van der Waals surface area (Å²) in [5.74, 6) is 0. The van der Waals surface area contributed by atoms with E-state index in [4.69, 9.17) is 0 Å². The van der Waals surface area contributed by atoms with Crippen molar-refractivity contribution in [2.75, 3.05) is 0 Å². The first kappa shape index (κ1) is 15.2. The minimum atomic E-state index is 0.532. The largest absolute Gasteiger partial charge is 0.260 e. The molecule has 0 saturated carbocycles. The Hall–Kier alpha value is -3.72. The van der Waals surface area contributed by atoms with Crippen molar-refractivity contribution in [3.05, 3.63) is 60.9 Å². The molecule has 0 spiro atoms. The molecule has 114 valence electrons. The van der Waals surface area contributed by atoms with Crippen LogP contribution >= 0.6 is 0 Å². The molecule has 0 aliphatic carbocycles. The molecule has 3 rings (SSSR count). The van der Waals surface area contributed by atoms with Crippen molar-refractivity contribution in [2.24, 2.45) is 9.98 Å². The van der Waals surface area contributed by atoms with E-state index in [2.05, 4.69) is 20.0 Å². The zero-order chi connectivity index (χ0) is 16.8. The summed E-state index contributed by atoms with van der Waals surface area (Å²) in [6.07, 6.45) is 6.32. The van der Waals surface area contributed by atoms with Gasteiger partial charge in [-0.25, -0.2) is 14.6 Å². The summed E-state index contributed by atoms with van der Waals surface area (Å²) in [4.78, 5) is 36.4. The maximum atomic E-state index is 10.3. The first-order chi connectivity index (χ1) is 11.8. The lowest BCUT2D eigenvalue weighted by molar-refractivity contribution is 0.564. The van der Waals surface area contributed by atoms with Crippen molar-refractivity contribution < 1.29 is 9.59 Å². The molecule has 0 atom stereocenters. The molecule has 1 heterocycles. The first-order valence-electron chi connectivity index (χ1n) is 6.99. The number of carbonyl (C=O) groups excluding carboxylic acids is 2. The lowest BCUT2D eigenvalue weighted by Gasteiger charge is -2.05. The fourth-order valence-corrected chi connectivity index (χ4v) is 2.16. The standard InChI is InChI=1S/C18H10N4O2/c23-11-20-15-5-1-13(2-6-15)17-9-19-10-18(22-17)14-3-7-16(8-4-14)21-12-24/h1-10H. The Labute approximate surface area is 137 Å². The number of nitrogens with zero attached hydrogens (tertiary/aromatic N) is 4. The van der Waals surface area contributed by atoms with Gasteiger partial charge in [-0.2, -0.15) is 9.98 Å². The lowest BCUT2D eigenvalue weighted by atomic mass is 10.1. The topological polar surface area (TPSA) is 84.6 Å². The molecule has 24 heavy (non-hydrogen) atoms. The lowest BCUT2D eigenvalue weighted by Crippen LogP contribution is -1.90. The highest BCUT2D eigenvalue weighted by molar-refractivity contribution is 5.67. The summed E-state index contributed by atoms with van der Waals surface area (Å²) >= 11 is 0. The number of hydrogen-bond donors (Lipinski definition) is 0. The van der Waals surface area contributed by atoms with Crippen LogP contribution in [0.25, 0.3) is 22.5 Å². The SMILES string of the molecule is O=C=Nc1ccc(-c2cncc(-c3ccc(N=C=O)cc3)n2)cc1. The number of hydrogen-bond acceptors (Lipinski definition) is 6. The Morgan fingerprint density at radius 2 is 1.08 bits per heavy atom. The van der Waals surface area contributed by atoms with Crippen LogP contribution in [0.1, 0.15) is 0 Å². The highest BCUT2D eigenvalue weighted by Crippen LogP contribution is 2.24. The predicted octanol–water partition coefficient (Wildman–Crippen LogP) is 3.75. The smallest absolute Gasteiger partial charge is 0.240 e. The van der Waals surface area contributed by atoms with E-state index >= 15 is 0 Å². The second-order valence-electron chi connectivity index (χ2n) is 4.79. The van der Waals surface area contributed by atoms with Crippen molar-refractivity contribution in [1.29, 1.82) is 0 Å². The van der Waals surface area contributed by atoms with Crippen LogP contribution in [0.3, 0.4) is 0 Å². The summed E-state index contributed by atoms with van der Waals surface area (Å²) in [5, 5.41) is 0. The van der Waals surface area contributed by atoms with Gasteiger partial charge in [0.2, 0.25) is 12.2 Å². The van der Waals surface area contributed by atoms with Gasteiger partial charge in [0, 0.05) is 11.1 Å². The molecular formula is C18H10N4O2. The fourth-order valence-electron chi connectivity index (χ4n) is 2.16. The van der Waals surface area contributed by atoms with Gasteiger partial charge in [-0.1, -0.05) is 24.3 Å². The third-order valence-electron chi connectivity index (χ3n) is 3.31. The van der Waals surface area contributed by atoms with E-state index in [0.717, 1.165) is 11.1 Å². The monoisotopic (exact) mass is 314 g/mol. The van der Waals surface area contributed by atoms with Crippen LogP contribution in [0.2, 0.25) is 0 Å². The van der Waals surface area contributed by atoms with Crippen LogP contribution in [-0.2, 0) is 9.59 Å². The van der Waals surface area contributed by atoms with Gasteiger partial charge < -0.3 is 0 Å². The van der Waals surface area contributed by atoms with E-state index in [1.807, 2.05) is 24.3 Å². The van der Waals surface area contributed by atoms with Gasteiger partial charge in [0.1, 0.15) is 0 Å². The zero-order valence-corrected chi connectivity index (χ0v) is 12.4. The van der Waals surface area contributed by atoms with Crippen molar-refractivity contribution >= 4 is 23.5 Å². The molecule has 3 aromatic rings. The molecule has 0 fully saturated rings. The van der Waals surface area contributed by atoms with Gasteiger partial charge in [-0.3, -0.25) is 4.98 Å². The number of aromatic nitrogens is 2. The number of isocyanates is 2. The highest BCUT2D eigenvalue weighted by Gasteiger charge is 2.05. The molecule has 0 radical (unpaired) electrons. The van der Waals surface area contributed by atoms with Gasteiger partial charge >= 0.3 is 0 Å². The van der Waals surface area contributed by atoms with Crippen LogP contribution in [0, 0.1) is 0 Å². The molecular weight excluding hydrogens is 304 g/mol. The average molecular weight is 314 g/mol. The van der Waals surface area contributed by atoms with Crippen LogP contribution < -0.4 is 0 Å². The van der Waals surface area contributed by atoms with E-state index in [1.165, 1.54) is 12.2 Å². The van der Waals surface area contributed by atoms with Crippen LogP contribution in [0.15, 0.2) is 70.9 Å². The molecule has 6 heteroatoms. The van der Waals surface area contributed by atoms with Crippen LogP contribution in [0.4, 0.5) is 11.4 Å². The number of benzene rings is 2. The Balaban J connectivity index is 1.93. The average Bonchev–Trinajstić information content (AvgIpc) is 2.64. The highest BCUT2D eigenvalue weighted by atomic mass is 16.1. The first-order valence-corrected chi connectivity index (χ1v) is 6.99. The van der Waals surface area contributed by atoms with E-state index < -0.39 is 0 Å². The molecule has 0 bridgehead atoms. The van der Waals surface area contributed by atoms with E-state index in [1.54, 1.807) is 36.7 Å². The minimum Gasteiger partial charge on any atom is -0.260 e. The van der Waals surface area contributed by atoms with Crippen LogP contribution in [-0.4, -0.2) is 22.1 Å². The summed E-state index contributed by atoms with van der Waals surface area (Å²) < 4.78 is 0. The van der Waals surface area contributed by atoms with Gasteiger partial charge in [0.05, 0.1) is 35.2 Å². The molecule has 0 aliphatic heterocycles. The number of aliphatic imine (C=N–C) groups is 2. The maximum absolute atomic E-state index is 10.3. The van der Waals surface area contributed by atoms with Crippen LogP contribution in [0.5, 0.6) is 0 Å². The molecule has 0 unspecified atom stereocenters. The van der Waals surface area contributed by atoms with Gasteiger partial charge in [-0.15, -0.1) is 0 Å². The van der Waals surface area contributed by atoms with Gasteiger partial charge in [0.15, 0.2) is 0 Å². The Bertz CT molecular complexity index is 876. The summed E-state index contributed by atoms with van der Waals surface area (Å²) in [6, 6.07) is 14.1. The maximum Gasteiger partial charge on any atom is 0.240 e. The molecule has 0 aliphatic rings. The molecule has 6 nitrogen and oxygen atoms in total. The summed E-state index contributed by atoms with van der Waals surface area (Å²) in [7, 11) is 0. The Morgan fingerprint density at radius 1 is 0.667 bits per heavy atom. The molecule has 2 aromatic carbocycles. The normalized spacial score (nSPS) is 9.67. The molecule has 0 saturated heterocycles. The third-order valence-corrected chi connectivity index (χ3v) is 3.31. The van der Waals surface area contributed by atoms with Gasteiger partial charge in [-0.05, 0) is 24.3 Å². The van der Waals surface area contributed by atoms with E-state index in [0.29, 0.717) is 22.8 Å². The molecule has 0 N–H and O–H groups in total. The molecule has 1 aromatic heterocycles. The van der Waals surface area contributed by atoms with Gasteiger partial charge in [0.25, 0.3) is 0 Å². The summed E-state index contributed by atoms with van der Waals surface area (Å²) in [6.45, 7) is 0. The third kappa shape index (κ3) is 3.36. The van der Waals surface area contributed by atoms with Crippen molar-refractivity contribution in [1.82, 2.24) is 9.97 Å². The minimum absolute atomic E-state index is 0.532. The fraction of sp³-hybridized carbons (Fsp3) is 0. The van der Waals surface area contributed by atoms with Crippen molar-refractivity contribution in [2.45, 2.75) is 0 Å². The number of rotatable bonds is 4. The zero-order valence-electron chi connectivity index (χ0n) is 12.4. The van der Waals surface area contributed by atoms with Crippen molar-refractivity contribution in [3.8, 4) is 22.5 Å². The predicted molar refractivity (Wildman–Crippen MR) is 88.5 cm³/mol. The van der Waals surface area contributed by atoms with Crippen molar-refractivity contribution in [3.63, 3.8) is 0 Å². The summed E-state index contributed by atoms with van der Waals surface area (Å²) in [5.41, 5.74) is 4.18. The Morgan fingerprint density at radius 3 is 1.46 bits per heavy atom. The second kappa shape index (κ2) is 7.03. The van der Waals surface area contributed by atoms with E-state index in [9.17, 15) is 9.59 Å². The quantitative estimate of drug-likeness (QED) is 0.542. The Kier molecular flexibility index (Phi) is 4.45. The molecule has 0 amide bonds.